The van der Waals surface area contributed by atoms with Gasteiger partial charge in [-0.3, -0.25) is 19.7 Å². The average Bonchev–Trinajstić information content (AvgIpc) is 2.91. The van der Waals surface area contributed by atoms with Crippen LogP contribution in [-0.2, 0) is 27.2 Å². The molecule has 0 fully saturated rings. The Balaban J connectivity index is 1.90. The summed E-state index contributed by atoms with van der Waals surface area (Å²) in [5.74, 6) is -1.20. The Labute approximate surface area is 236 Å². The number of fused-ring (bicyclic) bond motifs is 1. The lowest BCUT2D eigenvalue weighted by Gasteiger charge is -2.28. The maximum Gasteiger partial charge on any atom is 0.243 e. The summed E-state index contributed by atoms with van der Waals surface area (Å²) in [5, 5.41) is 12.0. The Bertz CT molecular complexity index is 1140. The van der Waals surface area contributed by atoms with Gasteiger partial charge in [-0.1, -0.05) is 45.4 Å². The molecule has 1 aliphatic rings. The predicted octanol–water partition coefficient (Wildman–Crippen LogP) is 2.68. The summed E-state index contributed by atoms with van der Waals surface area (Å²) >= 11 is 0. The number of nitrogens with zero attached hydrogens (tertiary/aromatic N) is 1. The molecule has 3 rings (SSSR count). The zero-order valence-electron chi connectivity index (χ0n) is 23.8. The molecular weight excluding hydrogens is 513 g/mol. The third kappa shape index (κ3) is 9.29. The van der Waals surface area contributed by atoms with E-state index in [2.05, 4.69) is 26.3 Å². The third-order valence-electron chi connectivity index (χ3n) is 6.83. The van der Waals surface area contributed by atoms with Gasteiger partial charge in [-0.25, -0.2) is 9.37 Å². The lowest BCUT2D eigenvalue weighted by atomic mass is 9.99. The zero-order valence-corrected chi connectivity index (χ0v) is 23.8. The highest BCUT2D eigenvalue weighted by Gasteiger charge is 2.31. The molecule has 1 aliphatic heterocycles. The van der Waals surface area contributed by atoms with E-state index in [1.165, 1.54) is 12.1 Å². The molecule has 0 unspecified atom stereocenters. The van der Waals surface area contributed by atoms with Crippen molar-refractivity contribution in [1.82, 2.24) is 26.3 Å². The molecule has 4 atom stereocenters. The molecule has 0 bridgehead atoms. The highest BCUT2D eigenvalue weighted by molar-refractivity contribution is 5.93. The number of hydrogen-bond donors (Lipinski definition) is 4. The quantitative estimate of drug-likeness (QED) is 0.450. The highest BCUT2D eigenvalue weighted by atomic mass is 19.1. The summed E-state index contributed by atoms with van der Waals surface area (Å²) in [6.07, 6.45) is 4.36. The van der Waals surface area contributed by atoms with Crippen LogP contribution in [0.3, 0.4) is 0 Å². The summed E-state index contributed by atoms with van der Waals surface area (Å²) in [4.78, 5) is 44.3. The van der Waals surface area contributed by atoms with Crippen LogP contribution in [0.25, 0.3) is 0 Å². The Morgan fingerprint density at radius 1 is 1.05 bits per heavy atom. The van der Waals surface area contributed by atoms with Gasteiger partial charge in [0.1, 0.15) is 24.5 Å². The largest absolute Gasteiger partial charge is 0.476 e. The van der Waals surface area contributed by atoms with Crippen LogP contribution >= 0.6 is 0 Å². The van der Waals surface area contributed by atoms with Gasteiger partial charge in [0.2, 0.25) is 23.6 Å². The van der Waals surface area contributed by atoms with Gasteiger partial charge >= 0.3 is 0 Å². The Kier molecular flexibility index (Phi) is 11.9. The number of rotatable bonds is 5. The van der Waals surface area contributed by atoms with Crippen LogP contribution in [0.2, 0.25) is 0 Å². The summed E-state index contributed by atoms with van der Waals surface area (Å²) in [7, 11) is 0. The second-order valence-electron chi connectivity index (χ2n) is 10.7. The summed E-state index contributed by atoms with van der Waals surface area (Å²) in [6, 6.07) is 7.26. The number of halogens is 1. The van der Waals surface area contributed by atoms with Crippen molar-refractivity contribution in [3.8, 4) is 5.88 Å². The number of carbonyl (C=O) groups is 3. The van der Waals surface area contributed by atoms with E-state index in [1.54, 1.807) is 18.3 Å². The van der Waals surface area contributed by atoms with E-state index in [9.17, 15) is 18.8 Å². The van der Waals surface area contributed by atoms with Gasteiger partial charge in [0, 0.05) is 24.3 Å². The van der Waals surface area contributed by atoms with E-state index < -0.39 is 35.8 Å². The molecule has 0 saturated heterocycles. The molecule has 10 heteroatoms. The fraction of sp³-hybridized carbons (Fsp3) is 0.533. The van der Waals surface area contributed by atoms with Gasteiger partial charge in [-0.15, -0.1) is 0 Å². The van der Waals surface area contributed by atoms with Crippen LogP contribution in [0.5, 0.6) is 5.88 Å². The topological polar surface area (TPSA) is 121 Å². The van der Waals surface area contributed by atoms with Gasteiger partial charge in [-0.2, -0.15) is 0 Å². The smallest absolute Gasteiger partial charge is 0.243 e. The predicted molar refractivity (Wildman–Crippen MR) is 151 cm³/mol. The van der Waals surface area contributed by atoms with Crippen molar-refractivity contribution in [3.63, 3.8) is 0 Å². The van der Waals surface area contributed by atoms with E-state index >= 15 is 0 Å². The van der Waals surface area contributed by atoms with Crippen LogP contribution in [-0.4, -0.2) is 60.0 Å². The van der Waals surface area contributed by atoms with Crippen molar-refractivity contribution in [2.24, 2.45) is 5.92 Å². The van der Waals surface area contributed by atoms with Gasteiger partial charge in [0.25, 0.3) is 0 Å². The molecule has 3 amide bonds. The number of nitrogens with one attached hydrogen (secondary N) is 4. The number of pyridine rings is 1. The number of hydrogen-bond acceptors (Lipinski definition) is 6. The van der Waals surface area contributed by atoms with Gasteiger partial charge in [0.15, 0.2) is 0 Å². The first-order valence-corrected chi connectivity index (χ1v) is 14.1. The van der Waals surface area contributed by atoms with Gasteiger partial charge < -0.3 is 20.7 Å². The van der Waals surface area contributed by atoms with Gasteiger partial charge in [-0.05, 0) is 62.3 Å². The minimum atomic E-state index is -0.863. The molecule has 0 radical (unpaired) electrons. The van der Waals surface area contributed by atoms with E-state index in [0.29, 0.717) is 43.7 Å². The first-order chi connectivity index (χ1) is 19.2. The third-order valence-corrected chi connectivity index (χ3v) is 6.83. The molecule has 4 N–H and O–H groups in total. The van der Waals surface area contributed by atoms with Crippen molar-refractivity contribution in [3.05, 3.63) is 59.5 Å². The molecule has 0 saturated carbocycles. The summed E-state index contributed by atoms with van der Waals surface area (Å²) < 4.78 is 20.0. The number of aromatic nitrogens is 1. The number of ether oxygens (including phenoxy) is 1. The maximum atomic E-state index is 13.9. The summed E-state index contributed by atoms with van der Waals surface area (Å²) in [5.41, 5.74) is 1.55. The number of carbonyl (C=O) groups excluding carboxylic acids is 3. The van der Waals surface area contributed by atoms with Crippen molar-refractivity contribution < 1.29 is 23.5 Å². The van der Waals surface area contributed by atoms with Gasteiger partial charge in [0.05, 0.1) is 6.04 Å². The molecule has 0 spiro atoms. The first-order valence-electron chi connectivity index (χ1n) is 14.1. The highest BCUT2D eigenvalue weighted by Crippen LogP contribution is 2.17. The van der Waals surface area contributed by atoms with E-state index in [0.717, 1.165) is 5.56 Å². The molecule has 0 aliphatic carbocycles. The molecule has 1 aromatic carbocycles. The minimum Gasteiger partial charge on any atom is -0.476 e. The first kappa shape index (κ1) is 31.0. The lowest BCUT2D eigenvalue weighted by Crippen LogP contribution is -2.59. The van der Waals surface area contributed by atoms with Crippen LogP contribution < -0.4 is 26.0 Å². The second kappa shape index (κ2) is 15.3. The monoisotopic (exact) mass is 555 g/mol. The van der Waals surface area contributed by atoms with Crippen LogP contribution in [0.1, 0.15) is 58.1 Å². The summed E-state index contributed by atoms with van der Waals surface area (Å²) in [6.45, 7) is 8.18. The average molecular weight is 556 g/mol. The lowest BCUT2D eigenvalue weighted by molar-refractivity contribution is -0.133. The minimum absolute atomic E-state index is 0.204. The van der Waals surface area contributed by atoms with E-state index in [4.69, 9.17) is 4.74 Å². The SMILES string of the molecule is CCC[C@@H]1NC(=O)[C@@H](C(C)C)NC(=O)[C@@H](Cc2cccc(F)c2)N[C@@H](C)COc2ncccc2CCCNC1=O. The standard InChI is InChI=1S/C30H42FN5O4/c1-5-9-24-27(37)32-14-7-11-22-12-8-15-33-30(22)40-18-20(4)34-25(17-21-10-6-13-23(31)16-21)28(38)36-26(19(2)3)29(39)35-24/h6,8,10,12-13,15-16,19-20,24-26,34H,5,7,9,11,14,17-18H2,1-4H3,(H,32,37)(H,35,39)(H,36,38)/t20-,24-,25+,26+/m0/s1. The van der Waals surface area contributed by atoms with E-state index in [-0.39, 0.29) is 30.9 Å². The fourth-order valence-electron chi connectivity index (χ4n) is 4.69. The molecule has 40 heavy (non-hydrogen) atoms. The van der Waals surface area contributed by atoms with Crippen LogP contribution in [0.15, 0.2) is 42.6 Å². The number of amides is 3. The van der Waals surface area contributed by atoms with Crippen LogP contribution in [0.4, 0.5) is 4.39 Å². The Morgan fingerprint density at radius 2 is 1.85 bits per heavy atom. The molecule has 2 heterocycles. The number of benzene rings is 1. The maximum absolute atomic E-state index is 13.9. The van der Waals surface area contributed by atoms with Crippen LogP contribution in [0, 0.1) is 11.7 Å². The van der Waals surface area contributed by atoms with Crippen molar-refractivity contribution >= 4 is 17.7 Å². The van der Waals surface area contributed by atoms with Crippen molar-refractivity contribution in [2.45, 2.75) is 84.0 Å². The second-order valence-corrected chi connectivity index (χ2v) is 10.7. The Morgan fingerprint density at radius 3 is 2.58 bits per heavy atom. The molecule has 2 aromatic rings. The fourth-order valence-corrected chi connectivity index (χ4v) is 4.69. The van der Waals surface area contributed by atoms with Crippen molar-refractivity contribution in [2.75, 3.05) is 13.2 Å². The Hall–Kier alpha value is -3.53. The van der Waals surface area contributed by atoms with Crippen molar-refractivity contribution in [1.29, 1.82) is 0 Å². The normalized spacial score (nSPS) is 23.6. The molecule has 9 nitrogen and oxygen atoms in total. The molecule has 218 valence electrons. The van der Waals surface area contributed by atoms with E-state index in [1.807, 2.05) is 39.8 Å². The molecular formula is C30H42FN5O4. The number of aryl methyl sites for hydroxylation is 1. The zero-order chi connectivity index (χ0) is 29.1. The molecule has 1 aromatic heterocycles.